The van der Waals surface area contributed by atoms with Gasteiger partial charge >= 0.3 is 6.18 Å². The lowest BCUT2D eigenvalue weighted by Gasteiger charge is -2.54. The number of alkyl halides is 3. The smallest absolute Gasteiger partial charge is 0.390 e. The first kappa shape index (κ1) is 20.9. The minimum absolute atomic E-state index is 0.259. The molecule has 4 rings (SSSR count). The maximum absolute atomic E-state index is 13.2. The molecule has 3 nitrogen and oxygen atoms in total. The van der Waals surface area contributed by atoms with Gasteiger partial charge in [0.25, 0.3) is 5.91 Å². The summed E-state index contributed by atoms with van der Waals surface area (Å²) in [5, 5.41) is 14.2. The second-order valence-electron chi connectivity index (χ2n) is 9.59. The van der Waals surface area contributed by atoms with E-state index in [1.807, 2.05) is 26.0 Å². The van der Waals surface area contributed by atoms with E-state index in [0.29, 0.717) is 11.1 Å². The Morgan fingerprint density at radius 3 is 2.00 bits per heavy atom. The highest BCUT2D eigenvalue weighted by Gasteiger charge is 2.71. The molecule has 1 aliphatic carbocycles. The Hall–Kier alpha value is -2.34. The van der Waals surface area contributed by atoms with Crippen LogP contribution in [0.25, 0.3) is 0 Å². The fourth-order valence-corrected chi connectivity index (χ4v) is 5.79. The molecule has 1 unspecified atom stereocenters. The summed E-state index contributed by atoms with van der Waals surface area (Å²) in [6.45, 7) is 7.53. The van der Waals surface area contributed by atoms with Gasteiger partial charge < -0.3 is 10.4 Å². The number of halogens is 3. The predicted octanol–water partition coefficient (Wildman–Crippen LogP) is 5.27. The molecular weight excluding hydrogens is 391 g/mol. The number of hydrogen-bond donors (Lipinski definition) is 2. The first-order valence-electron chi connectivity index (χ1n) is 10.1. The molecule has 0 spiro atoms. The standard InChI is InChI=1S/C24H26F3NO2/c1-20(2,22(13-14-22)21(3,4)30)23(15-9-11-16(12-10-15)24(25,26)27)18-8-6-5-7-17(18)19(29)28-23/h5-12,30H,13-14H2,1-4H3,(H,28,29). The maximum Gasteiger partial charge on any atom is 0.416 e. The maximum atomic E-state index is 13.2. The van der Waals surface area contributed by atoms with Crippen LogP contribution in [0, 0.1) is 10.8 Å². The molecule has 2 aromatic rings. The highest BCUT2D eigenvalue weighted by molar-refractivity contribution is 6.01. The van der Waals surface area contributed by atoms with Gasteiger partial charge in [0.15, 0.2) is 0 Å². The third-order valence-electron chi connectivity index (χ3n) is 7.58. The van der Waals surface area contributed by atoms with E-state index in [0.717, 1.165) is 30.5 Å². The number of fused-ring (bicyclic) bond motifs is 1. The molecule has 0 bridgehead atoms. The largest absolute Gasteiger partial charge is 0.416 e. The van der Waals surface area contributed by atoms with E-state index in [1.165, 1.54) is 12.1 Å². The van der Waals surface area contributed by atoms with Crippen LogP contribution in [0.3, 0.4) is 0 Å². The van der Waals surface area contributed by atoms with Crippen molar-refractivity contribution < 1.29 is 23.1 Å². The third-order valence-corrected chi connectivity index (χ3v) is 7.58. The summed E-state index contributed by atoms with van der Waals surface area (Å²) >= 11 is 0. The molecule has 1 saturated carbocycles. The number of aliphatic hydroxyl groups is 1. The van der Waals surface area contributed by atoms with Crippen molar-refractivity contribution in [3.63, 3.8) is 0 Å². The lowest BCUT2D eigenvalue weighted by molar-refractivity contribution is -0.137. The molecule has 1 atom stereocenters. The Labute approximate surface area is 174 Å². The van der Waals surface area contributed by atoms with Crippen LogP contribution < -0.4 is 5.32 Å². The van der Waals surface area contributed by atoms with Gasteiger partial charge in [0.05, 0.1) is 16.7 Å². The van der Waals surface area contributed by atoms with Crippen LogP contribution in [-0.4, -0.2) is 16.6 Å². The predicted molar refractivity (Wildman–Crippen MR) is 108 cm³/mol. The van der Waals surface area contributed by atoms with Gasteiger partial charge in [-0.1, -0.05) is 44.2 Å². The quantitative estimate of drug-likeness (QED) is 0.712. The van der Waals surface area contributed by atoms with Crippen molar-refractivity contribution in [2.45, 2.75) is 57.9 Å². The van der Waals surface area contributed by atoms with Crippen molar-refractivity contribution in [2.24, 2.45) is 10.8 Å². The van der Waals surface area contributed by atoms with Gasteiger partial charge in [-0.15, -0.1) is 0 Å². The summed E-state index contributed by atoms with van der Waals surface area (Å²) in [5.41, 5.74) is -2.21. The highest BCUT2D eigenvalue weighted by atomic mass is 19.4. The van der Waals surface area contributed by atoms with Crippen LogP contribution in [0.15, 0.2) is 48.5 Å². The number of carbonyl (C=O) groups excluding carboxylic acids is 1. The number of carbonyl (C=O) groups is 1. The Morgan fingerprint density at radius 1 is 0.933 bits per heavy atom. The van der Waals surface area contributed by atoms with Crippen molar-refractivity contribution in [1.82, 2.24) is 5.32 Å². The number of benzene rings is 2. The number of amides is 1. The zero-order valence-corrected chi connectivity index (χ0v) is 17.5. The SMILES string of the molecule is CC(C)(O)C1(C(C)(C)C2(c3ccc(C(F)(F)F)cc3)NC(=O)c3ccccc32)CC1. The van der Waals surface area contributed by atoms with E-state index in [-0.39, 0.29) is 5.91 Å². The fraction of sp³-hybridized carbons (Fsp3) is 0.458. The molecule has 1 heterocycles. The second kappa shape index (κ2) is 6.10. The molecule has 0 saturated heterocycles. The van der Waals surface area contributed by atoms with Crippen LogP contribution in [-0.2, 0) is 11.7 Å². The van der Waals surface area contributed by atoms with Crippen LogP contribution in [0.4, 0.5) is 13.2 Å². The molecule has 2 N–H and O–H groups in total. The number of rotatable bonds is 4. The molecule has 0 radical (unpaired) electrons. The normalized spacial score (nSPS) is 23.1. The molecule has 1 aliphatic heterocycles. The van der Waals surface area contributed by atoms with E-state index in [4.69, 9.17) is 0 Å². The van der Waals surface area contributed by atoms with Crippen molar-refractivity contribution in [3.05, 3.63) is 70.8 Å². The fourth-order valence-electron chi connectivity index (χ4n) is 5.79. The van der Waals surface area contributed by atoms with E-state index in [1.54, 1.807) is 26.0 Å². The topological polar surface area (TPSA) is 49.3 Å². The molecule has 1 fully saturated rings. The van der Waals surface area contributed by atoms with Crippen molar-refractivity contribution in [2.75, 3.05) is 0 Å². The van der Waals surface area contributed by atoms with Gasteiger partial charge in [-0.2, -0.15) is 13.2 Å². The Bertz CT molecular complexity index is 998. The van der Waals surface area contributed by atoms with Crippen LogP contribution in [0.1, 0.15) is 67.6 Å². The van der Waals surface area contributed by atoms with E-state index in [9.17, 15) is 23.1 Å². The highest BCUT2D eigenvalue weighted by Crippen LogP contribution is 2.71. The summed E-state index contributed by atoms with van der Waals surface area (Å²) in [6, 6.07) is 12.2. The van der Waals surface area contributed by atoms with Crippen molar-refractivity contribution in [3.8, 4) is 0 Å². The summed E-state index contributed by atoms with van der Waals surface area (Å²) in [6.07, 6.45) is -2.91. The van der Waals surface area contributed by atoms with Gasteiger partial charge in [-0.05, 0) is 56.0 Å². The van der Waals surface area contributed by atoms with E-state index >= 15 is 0 Å². The minimum atomic E-state index is -4.44. The van der Waals surface area contributed by atoms with Crippen LogP contribution in [0.2, 0.25) is 0 Å². The summed E-state index contributed by atoms with van der Waals surface area (Å²) in [7, 11) is 0. The summed E-state index contributed by atoms with van der Waals surface area (Å²) in [5.74, 6) is -0.259. The molecule has 6 heteroatoms. The molecule has 160 valence electrons. The Morgan fingerprint density at radius 2 is 1.50 bits per heavy atom. The van der Waals surface area contributed by atoms with Crippen molar-refractivity contribution >= 4 is 5.91 Å². The van der Waals surface area contributed by atoms with Gasteiger partial charge in [-0.25, -0.2) is 0 Å². The average molecular weight is 417 g/mol. The van der Waals surface area contributed by atoms with Gasteiger partial charge in [0, 0.05) is 16.4 Å². The van der Waals surface area contributed by atoms with Crippen molar-refractivity contribution in [1.29, 1.82) is 0 Å². The lowest BCUT2D eigenvalue weighted by Crippen LogP contribution is -2.60. The molecule has 0 aromatic heterocycles. The molecular formula is C24H26F3NO2. The van der Waals surface area contributed by atoms with Gasteiger partial charge in [0.2, 0.25) is 0 Å². The van der Waals surface area contributed by atoms with Gasteiger partial charge in [0.1, 0.15) is 0 Å². The molecule has 1 amide bonds. The monoisotopic (exact) mass is 417 g/mol. The second-order valence-corrected chi connectivity index (χ2v) is 9.59. The zero-order valence-electron chi connectivity index (χ0n) is 17.5. The summed E-state index contributed by atoms with van der Waals surface area (Å²) in [4.78, 5) is 13.0. The van der Waals surface area contributed by atoms with E-state index < -0.39 is 33.7 Å². The Kier molecular flexibility index (Phi) is 4.25. The Balaban J connectivity index is 1.99. The first-order valence-corrected chi connectivity index (χ1v) is 10.1. The third kappa shape index (κ3) is 2.59. The molecule has 2 aliphatic rings. The van der Waals surface area contributed by atoms with Crippen LogP contribution in [0.5, 0.6) is 0 Å². The minimum Gasteiger partial charge on any atom is -0.390 e. The number of hydrogen-bond acceptors (Lipinski definition) is 2. The van der Waals surface area contributed by atoms with Gasteiger partial charge in [-0.3, -0.25) is 4.79 Å². The number of nitrogens with one attached hydrogen (secondary N) is 1. The first-order chi connectivity index (χ1) is 13.8. The molecule has 2 aromatic carbocycles. The summed E-state index contributed by atoms with van der Waals surface area (Å²) < 4.78 is 39.5. The van der Waals surface area contributed by atoms with Crippen LogP contribution >= 0.6 is 0 Å². The van der Waals surface area contributed by atoms with E-state index in [2.05, 4.69) is 5.32 Å². The average Bonchev–Trinajstić information content (AvgIpc) is 3.43. The molecule has 30 heavy (non-hydrogen) atoms. The zero-order chi connectivity index (χ0) is 22.2. The lowest BCUT2D eigenvalue weighted by atomic mass is 9.54.